The third kappa shape index (κ3) is 8.87. The maximum Gasteiger partial charge on any atom is 0.405 e. The van der Waals surface area contributed by atoms with E-state index in [2.05, 4.69) is 5.32 Å². The predicted molar refractivity (Wildman–Crippen MR) is 137 cm³/mol. The minimum absolute atomic E-state index is 0.0159. The lowest BCUT2D eigenvalue weighted by Gasteiger charge is -2.26. The maximum atomic E-state index is 12.7. The predicted octanol–water partition coefficient (Wildman–Crippen LogP) is 5.27. The number of aryl methyl sites for hydroxylation is 1. The molecule has 0 saturated carbocycles. The Hall–Kier alpha value is -2.55. The standard InChI is InChI=1S/C26H37ClN2O6/c1-16-8-5-11-20(33-3)12-7-10-18-14-19(15-21(27)23(18)30)29-25(31)17(2)9-6-13-22(34-4)24(16)35-26(28)32/h8-9,14-15,20,22,24,30H,5-7,10-13H2,1-4H3,(H2,28,32)(H,29,31)/b16-8+,17-9+. The molecule has 194 valence electrons. The molecule has 0 aromatic heterocycles. The number of halogens is 1. The number of rotatable bonds is 3. The van der Waals surface area contributed by atoms with Crippen molar-refractivity contribution in [2.24, 2.45) is 5.73 Å². The topological polar surface area (TPSA) is 120 Å². The summed E-state index contributed by atoms with van der Waals surface area (Å²) in [6.07, 6.45) is 6.59. The lowest BCUT2D eigenvalue weighted by atomic mass is 9.98. The van der Waals surface area contributed by atoms with Gasteiger partial charge in [-0.25, -0.2) is 4.79 Å². The number of benzene rings is 1. The highest BCUT2D eigenvalue weighted by Gasteiger charge is 2.26. The number of carbonyl (C=O) groups is 2. The van der Waals surface area contributed by atoms with E-state index in [4.69, 9.17) is 31.5 Å². The van der Waals surface area contributed by atoms with Crippen molar-refractivity contribution in [2.75, 3.05) is 19.5 Å². The quantitative estimate of drug-likeness (QED) is 0.378. The first-order valence-electron chi connectivity index (χ1n) is 11.8. The minimum atomic E-state index is -0.868. The van der Waals surface area contributed by atoms with Gasteiger partial charge in [-0.15, -0.1) is 0 Å². The Morgan fingerprint density at radius 1 is 1.11 bits per heavy atom. The molecule has 2 bridgehead atoms. The normalized spacial score (nSPS) is 26.1. The Labute approximate surface area is 212 Å². The van der Waals surface area contributed by atoms with Crippen LogP contribution in [0.5, 0.6) is 5.75 Å². The van der Waals surface area contributed by atoms with Gasteiger partial charge in [-0.3, -0.25) is 4.79 Å². The van der Waals surface area contributed by atoms with E-state index < -0.39 is 18.3 Å². The summed E-state index contributed by atoms with van der Waals surface area (Å²) < 4.78 is 16.7. The number of fused-ring (bicyclic) bond motifs is 2. The number of methoxy groups -OCH3 is 2. The molecule has 0 fully saturated rings. The van der Waals surface area contributed by atoms with Gasteiger partial charge in [0.2, 0.25) is 0 Å². The highest BCUT2D eigenvalue weighted by molar-refractivity contribution is 6.32. The van der Waals surface area contributed by atoms with Crippen molar-refractivity contribution in [1.82, 2.24) is 0 Å². The number of primary amides is 1. The summed E-state index contributed by atoms with van der Waals surface area (Å²) in [6, 6.07) is 3.29. The molecule has 2 amide bonds. The summed E-state index contributed by atoms with van der Waals surface area (Å²) in [5, 5.41) is 13.4. The van der Waals surface area contributed by atoms with Crippen molar-refractivity contribution in [3.8, 4) is 5.75 Å². The number of anilines is 1. The molecule has 1 heterocycles. The summed E-state index contributed by atoms with van der Waals surface area (Å²) in [6.45, 7) is 3.60. The Bertz CT molecular complexity index is 946. The average molecular weight is 509 g/mol. The van der Waals surface area contributed by atoms with Crippen molar-refractivity contribution in [3.05, 3.63) is 46.0 Å². The summed E-state index contributed by atoms with van der Waals surface area (Å²) in [5.74, 6) is -0.244. The lowest BCUT2D eigenvalue weighted by molar-refractivity contribution is -0.112. The van der Waals surface area contributed by atoms with Crippen molar-refractivity contribution in [2.45, 2.75) is 77.1 Å². The molecule has 1 aromatic rings. The molecule has 3 unspecified atom stereocenters. The zero-order valence-corrected chi connectivity index (χ0v) is 21.7. The molecule has 2 rings (SSSR count). The number of nitrogens with two attached hydrogens (primary N) is 1. The zero-order valence-electron chi connectivity index (χ0n) is 20.9. The SMILES string of the molecule is COC1CC/C=C(\C)C(OC(N)=O)C(OC)CC/C=C(\C)C(=O)Nc2cc(Cl)c(O)c(c2)CCC1. The second-order valence-corrected chi connectivity index (χ2v) is 9.20. The van der Waals surface area contributed by atoms with Crippen LogP contribution in [0.4, 0.5) is 10.5 Å². The van der Waals surface area contributed by atoms with Gasteiger partial charge in [-0.05, 0) is 82.1 Å². The first kappa shape index (κ1) is 28.7. The van der Waals surface area contributed by atoms with E-state index >= 15 is 0 Å². The van der Waals surface area contributed by atoms with Crippen LogP contribution >= 0.6 is 11.6 Å². The molecule has 1 aliphatic heterocycles. The first-order valence-corrected chi connectivity index (χ1v) is 12.2. The molecule has 0 aliphatic carbocycles. The van der Waals surface area contributed by atoms with E-state index in [1.165, 1.54) is 6.07 Å². The van der Waals surface area contributed by atoms with Crippen LogP contribution in [-0.2, 0) is 25.4 Å². The average Bonchev–Trinajstić information content (AvgIpc) is 2.81. The monoisotopic (exact) mass is 508 g/mol. The number of nitrogens with one attached hydrogen (secondary N) is 1. The number of hydrogen-bond acceptors (Lipinski definition) is 6. The molecule has 8 nitrogen and oxygen atoms in total. The third-order valence-corrected chi connectivity index (χ3v) is 6.54. The van der Waals surface area contributed by atoms with E-state index in [9.17, 15) is 14.7 Å². The van der Waals surface area contributed by atoms with E-state index in [1.54, 1.807) is 27.2 Å². The Morgan fingerprint density at radius 3 is 2.49 bits per heavy atom. The number of allylic oxidation sites excluding steroid dienone is 2. The Kier molecular flexibility index (Phi) is 11.6. The number of phenols is 1. The number of aromatic hydroxyl groups is 1. The van der Waals surface area contributed by atoms with Crippen LogP contribution in [0.1, 0.15) is 57.9 Å². The van der Waals surface area contributed by atoms with Gasteiger partial charge in [0, 0.05) is 25.5 Å². The largest absolute Gasteiger partial charge is 0.506 e. The molecular weight excluding hydrogens is 472 g/mol. The van der Waals surface area contributed by atoms with Gasteiger partial charge < -0.3 is 30.4 Å². The van der Waals surface area contributed by atoms with Crippen LogP contribution in [0.3, 0.4) is 0 Å². The van der Waals surface area contributed by atoms with Crippen LogP contribution in [0.2, 0.25) is 5.02 Å². The van der Waals surface area contributed by atoms with E-state index in [0.717, 1.165) is 31.3 Å². The fourth-order valence-corrected chi connectivity index (χ4v) is 4.44. The van der Waals surface area contributed by atoms with Gasteiger partial charge in [0.1, 0.15) is 5.75 Å². The summed E-state index contributed by atoms with van der Waals surface area (Å²) in [5.41, 5.74) is 7.88. The van der Waals surface area contributed by atoms with Crippen molar-refractivity contribution < 1.29 is 28.9 Å². The van der Waals surface area contributed by atoms with Gasteiger partial charge in [-0.2, -0.15) is 0 Å². The second-order valence-electron chi connectivity index (χ2n) is 8.79. The van der Waals surface area contributed by atoms with Gasteiger partial charge in [-0.1, -0.05) is 23.8 Å². The molecule has 0 radical (unpaired) electrons. The minimum Gasteiger partial charge on any atom is -0.506 e. The van der Waals surface area contributed by atoms with Gasteiger partial charge in [0.05, 0.1) is 17.2 Å². The Balaban J connectivity index is 2.34. The fourth-order valence-electron chi connectivity index (χ4n) is 4.20. The van der Waals surface area contributed by atoms with Crippen LogP contribution < -0.4 is 11.1 Å². The molecule has 1 aromatic carbocycles. The molecule has 9 heteroatoms. The highest BCUT2D eigenvalue weighted by atomic mass is 35.5. The van der Waals surface area contributed by atoms with Crippen LogP contribution in [-0.4, -0.2) is 49.6 Å². The first-order chi connectivity index (χ1) is 16.7. The third-order valence-electron chi connectivity index (χ3n) is 6.25. The molecule has 35 heavy (non-hydrogen) atoms. The molecule has 0 saturated heterocycles. The molecule has 3 atom stereocenters. The second kappa shape index (κ2) is 14.1. The fraction of sp³-hybridized carbons (Fsp3) is 0.538. The van der Waals surface area contributed by atoms with Crippen LogP contribution in [0.15, 0.2) is 35.4 Å². The van der Waals surface area contributed by atoms with Crippen LogP contribution in [0.25, 0.3) is 0 Å². The van der Waals surface area contributed by atoms with Crippen molar-refractivity contribution in [1.29, 1.82) is 0 Å². The van der Waals surface area contributed by atoms with Crippen molar-refractivity contribution >= 4 is 29.3 Å². The van der Waals surface area contributed by atoms with E-state index in [-0.39, 0.29) is 22.8 Å². The summed E-state index contributed by atoms with van der Waals surface area (Å²) >= 11 is 6.22. The number of ether oxygens (including phenoxy) is 3. The zero-order chi connectivity index (χ0) is 26.0. The van der Waals surface area contributed by atoms with Crippen LogP contribution in [0, 0.1) is 0 Å². The summed E-state index contributed by atoms with van der Waals surface area (Å²) in [7, 11) is 3.23. The number of phenolic OH excluding ortho intramolecular Hbond substituents is 1. The van der Waals surface area contributed by atoms with Crippen molar-refractivity contribution in [3.63, 3.8) is 0 Å². The number of carbonyl (C=O) groups excluding carboxylic acids is 2. The number of amides is 2. The molecule has 4 N–H and O–H groups in total. The maximum absolute atomic E-state index is 12.7. The summed E-state index contributed by atoms with van der Waals surface area (Å²) in [4.78, 5) is 24.3. The van der Waals surface area contributed by atoms with Gasteiger partial charge in [0.15, 0.2) is 6.10 Å². The highest BCUT2D eigenvalue weighted by Crippen LogP contribution is 2.33. The Morgan fingerprint density at radius 2 is 1.83 bits per heavy atom. The molecular formula is C26H37ClN2O6. The van der Waals surface area contributed by atoms with E-state index in [1.807, 2.05) is 19.1 Å². The lowest BCUT2D eigenvalue weighted by Crippen LogP contribution is -2.35. The van der Waals surface area contributed by atoms with Gasteiger partial charge in [0.25, 0.3) is 5.91 Å². The molecule has 0 spiro atoms. The van der Waals surface area contributed by atoms with Gasteiger partial charge >= 0.3 is 6.09 Å². The smallest absolute Gasteiger partial charge is 0.405 e. The van der Waals surface area contributed by atoms with E-state index in [0.29, 0.717) is 36.1 Å². The molecule has 1 aliphatic rings. The number of hydrogen-bond donors (Lipinski definition) is 3.